The molecule has 0 bridgehead atoms. The quantitative estimate of drug-likeness (QED) is 0.875. The van der Waals surface area contributed by atoms with Gasteiger partial charge in [-0.05, 0) is 24.8 Å². The molecule has 1 unspecified atom stereocenters. The largest absolute Gasteiger partial charge is 0.312 e. The van der Waals surface area contributed by atoms with Crippen LogP contribution in [0.4, 0.5) is 0 Å². The van der Waals surface area contributed by atoms with Crippen molar-refractivity contribution in [3.05, 3.63) is 30.5 Å². The van der Waals surface area contributed by atoms with Crippen molar-refractivity contribution in [2.24, 2.45) is 5.92 Å². The number of hydrogen-bond donors (Lipinski definition) is 1. The Morgan fingerprint density at radius 2 is 2.11 bits per heavy atom. The second-order valence-electron chi connectivity index (χ2n) is 5.64. The molecule has 0 amide bonds. The van der Waals surface area contributed by atoms with E-state index in [4.69, 9.17) is 0 Å². The maximum Gasteiger partial charge on any atom is 0.0686 e. The third-order valence-electron chi connectivity index (χ3n) is 3.78. The predicted molar refractivity (Wildman–Crippen MR) is 74.6 cm³/mol. The van der Waals surface area contributed by atoms with Crippen LogP contribution in [0.1, 0.15) is 32.7 Å². The van der Waals surface area contributed by atoms with Crippen molar-refractivity contribution in [2.45, 2.75) is 38.8 Å². The highest BCUT2D eigenvalue weighted by atomic mass is 15.3. The van der Waals surface area contributed by atoms with Crippen LogP contribution >= 0.6 is 0 Å². The molecular formula is C15H21N3. The third kappa shape index (κ3) is 2.27. The van der Waals surface area contributed by atoms with Gasteiger partial charge in [0.1, 0.15) is 0 Å². The van der Waals surface area contributed by atoms with Crippen molar-refractivity contribution in [1.29, 1.82) is 0 Å². The van der Waals surface area contributed by atoms with Crippen LogP contribution in [-0.2, 0) is 0 Å². The Kier molecular flexibility index (Phi) is 3.08. The summed E-state index contributed by atoms with van der Waals surface area (Å²) < 4.78 is 2.19. The highest BCUT2D eigenvalue weighted by Gasteiger charge is 2.24. The van der Waals surface area contributed by atoms with Gasteiger partial charge in [-0.15, -0.1) is 0 Å². The second-order valence-corrected chi connectivity index (χ2v) is 5.64. The van der Waals surface area contributed by atoms with Crippen LogP contribution in [0.25, 0.3) is 10.9 Å². The van der Waals surface area contributed by atoms with E-state index in [2.05, 4.69) is 53.2 Å². The van der Waals surface area contributed by atoms with Gasteiger partial charge in [0.15, 0.2) is 0 Å². The summed E-state index contributed by atoms with van der Waals surface area (Å²) in [6.45, 7) is 5.57. The van der Waals surface area contributed by atoms with E-state index in [1.54, 1.807) is 0 Å². The van der Waals surface area contributed by atoms with E-state index in [-0.39, 0.29) is 0 Å². The van der Waals surface area contributed by atoms with Crippen molar-refractivity contribution >= 4 is 10.9 Å². The zero-order chi connectivity index (χ0) is 12.5. The number of fused-ring (bicyclic) bond motifs is 1. The van der Waals surface area contributed by atoms with E-state index in [1.807, 2.05) is 6.20 Å². The molecule has 3 rings (SSSR count). The van der Waals surface area contributed by atoms with Crippen molar-refractivity contribution in [1.82, 2.24) is 15.1 Å². The number of hydrogen-bond acceptors (Lipinski definition) is 2. The maximum absolute atomic E-state index is 4.59. The zero-order valence-corrected chi connectivity index (χ0v) is 11.1. The van der Waals surface area contributed by atoms with Crippen molar-refractivity contribution < 1.29 is 0 Å². The molecule has 1 saturated carbocycles. The smallest absolute Gasteiger partial charge is 0.0686 e. The van der Waals surface area contributed by atoms with Crippen LogP contribution < -0.4 is 5.32 Å². The fourth-order valence-electron chi connectivity index (χ4n) is 2.44. The van der Waals surface area contributed by atoms with Crippen LogP contribution in [0.3, 0.4) is 0 Å². The monoisotopic (exact) mass is 243 g/mol. The van der Waals surface area contributed by atoms with Crippen molar-refractivity contribution in [3.63, 3.8) is 0 Å². The Morgan fingerprint density at radius 3 is 2.83 bits per heavy atom. The van der Waals surface area contributed by atoms with Crippen LogP contribution in [-0.4, -0.2) is 22.4 Å². The van der Waals surface area contributed by atoms with Gasteiger partial charge < -0.3 is 5.32 Å². The zero-order valence-electron chi connectivity index (χ0n) is 11.1. The van der Waals surface area contributed by atoms with Gasteiger partial charge in [-0.2, -0.15) is 5.10 Å². The molecule has 1 aliphatic carbocycles. The molecule has 1 N–H and O–H groups in total. The van der Waals surface area contributed by atoms with E-state index in [9.17, 15) is 0 Å². The molecule has 2 aromatic rings. The highest BCUT2D eigenvalue weighted by Crippen LogP contribution is 2.25. The number of nitrogens with one attached hydrogen (secondary N) is 1. The van der Waals surface area contributed by atoms with E-state index >= 15 is 0 Å². The average molecular weight is 243 g/mol. The first-order valence-corrected chi connectivity index (χ1v) is 6.91. The summed E-state index contributed by atoms with van der Waals surface area (Å²) in [5, 5.41) is 9.45. The SMILES string of the molecule is CC(C)C(CNC1CC1)n1ncc2ccccc21. The number of nitrogens with zero attached hydrogens (tertiary/aromatic N) is 2. The first-order valence-electron chi connectivity index (χ1n) is 6.91. The van der Waals surface area contributed by atoms with E-state index < -0.39 is 0 Å². The molecule has 0 radical (unpaired) electrons. The third-order valence-corrected chi connectivity index (χ3v) is 3.78. The molecule has 18 heavy (non-hydrogen) atoms. The summed E-state index contributed by atoms with van der Waals surface area (Å²) in [6, 6.07) is 9.64. The summed E-state index contributed by atoms with van der Waals surface area (Å²) in [6.07, 6.45) is 4.65. The molecule has 1 atom stereocenters. The minimum atomic E-state index is 0.436. The van der Waals surface area contributed by atoms with Gasteiger partial charge in [0.2, 0.25) is 0 Å². The molecule has 1 aromatic heterocycles. The summed E-state index contributed by atoms with van der Waals surface area (Å²) in [5.74, 6) is 0.583. The lowest BCUT2D eigenvalue weighted by molar-refractivity contribution is 0.337. The first kappa shape index (κ1) is 11.7. The summed E-state index contributed by atoms with van der Waals surface area (Å²) in [7, 11) is 0. The topological polar surface area (TPSA) is 29.9 Å². The predicted octanol–water partition coefficient (Wildman–Crippen LogP) is 2.99. The average Bonchev–Trinajstić information content (AvgIpc) is 3.09. The maximum atomic E-state index is 4.59. The minimum absolute atomic E-state index is 0.436. The molecule has 1 aliphatic rings. The molecule has 1 aromatic carbocycles. The Hall–Kier alpha value is -1.35. The van der Waals surface area contributed by atoms with Crippen LogP contribution in [0.5, 0.6) is 0 Å². The van der Waals surface area contributed by atoms with Crippen LogP contribution in [0.2, 0.25) is 0 Å². The Bertz CT molecular complexity index is 525. The lowest BCUT2D eigenvalue weighted by Crippen LogP contribution is -2.30. The number of aromatic nitrogens is 2. The van der Waals surface area contributed by atoms with Crippen LogP contribution in [0.15, 0.2) is 30.5 Å². The van der Waals surface area contributed by atoms with Gasteiger partial charge in [-0.25, -0.2) is 0 Å². The summed E-state index contributed by atoms with van der Waals surface area (Å²) in [5.41, 5.74) is 1.24. The highest BCUT2D eigenvalue weighted by molar-refractivity contribution is 5.78. The Labute approximate surface area is 108 Å². The summed E-state index contributed by atoms with van der Waals surface area (Å²) in [4.78, 5) is 0. The fourth-order valence-corrected chi connectivity index (χ4v) is 2.44. The lowest BCUT2D eigenvalue weighted by atomic mass is 10.0. The van der Waals surface area contributed by atoms with Gasteiger partial charge in [0.05, 0.1) is 17.8 Å². The minimum Gasteiger partial charge on any atom is -0.312 e. The second kappa shape index (κ2) is 4.73. The molecular weight excluding hydrogens is 222 g/mol. The number of para-hydroxylation sites is 1. The molecule has 96 valence electrons. The van der Waals surface area contributed by atoms with Crippen molar-refractivity contribution in [2.75, 3.05) is 6.54 Å². The Morgan fingerprint density at radius 1 is 1.33 bits per heavy atom. The fraction of sp³-hybridized carbons (Fsp3) is 0.533. The van der Waals surface area contributed by atoms with E-state index in [0.29, 0.717) is 12.0 Å². The van der Waals surface area contributed by atoms with E-state index in [1.165, 1.54) is 23.7 Å². The van der Waals surface area contributed by atoms with Crippen LogP contribution in [0, 0.1) is 5.92 Å². The van der Waals surface area contributed by atoms with Gasteiger partial charge >= 0.3 is 0 Å². The molecule has 0 aliphatic heterocycles. The van der Waals surface area contributed by atoms with E-state index in [0.717, 1.165) is 12.6 Å². The lowest BCUT2D eigenvalue weighted by Gasteiger charge is -2.23. The Balaban J connectivity index is 1.87. The van der Waals surface area contributed by atoms with Crippen molar-refractivity contribution in [3.8, 4) is 0 Å². The summed E-state index contributed by atoms with van der Waals surface area (Å²) >= 11 is 0. The molecule has 0 saturated heterocycles. The van der Waals surface area contributed by atoms with Gasteiger partial charge in [0.25, 0.3) is 0 Å². The molecule has 0 spiro atoms. The number of rotatable bonds is 5. The standard InChI is InChI=1S/C15H21N3/c1-11(2)15(10-16-13-7-8-13)18-14-6-4-3-5-12(14)9-17-18/h3-6,9,11,13,15-16H,7-8,10H2,1-2H3. The number of benzene rings is 1. The first-order chi connectivity index (χ1) is 8.75. The molecule has 1 fully saturated rings. The molecule has 1 heterocycles. The molecule has 3 heteroatoms. The van der Waals surface area contributed by atoms with Gasteiger partial charge in [0, 0.05) is 18.0 Å². The normalized spacial score (nSPS) is 17.5. The van der Waals surface area contributed by atoms with Gasteiger partial charge in [-0.3, -0.25) is 4.68 Å². The molecule has 3 nitrogen and oxygen atoms in total. The van der Waals surface area contributed by atoms with Gasteiger partial charge in [-0.1, -0.05) is 32.0 Å².